The lowest BCUT2D eigenvalue weighted by molar-refractivity contribution is 0.0133. The van der Waals surface area contributed by atoms with Gasteiger partial charge in [-0.05, 0) is 18.6 Å². The predicted molar refractivity (Wildman–Crippen MR) is 82.9 cm³/mol. The summed E-state index contributed by atoms with van der Waals surface area (Å²) in [6, 6.07) is 2.20. The molecule has 0 amide bonds. The van der Waals surface area contributed by atoms with Gasteiger partial charge < -0.3 is 29.9 Å². The van der Waals surface area contributed by atoms with Gasteiger partial charge in [-0.15, -0.1) is 0 Å². The highest BCUT2D eigenvalue weighted by molar-refractivity contribution is 6.05. The van der Waals surface area contributed by atoms with Crippen molar-refractivity contribution in [3.8, 4) is 17.2 Å². The number of aromatic hydroxyl groups is 2. The number of phenols is 2. The van der Waals surface area contributed by atoms with E-state index in [1.54, 1.807) is 19.1 Å². The van der Waals surface area contributed by atoms with E-state index in [1.807, 2.05) is 0 Å². The monoisotopic (exact) mass is 334 g/mol. The summed E-state index contributed by atoms with van der Waals surface area (Å²) in [5.74, 6) is -1.09. The van der Waals surface area contributed by atoms with Crippen LogP contribution in [-0.4, -0.2) is 51.1 Å². The second-order valence-electron chi connectivity index (χ2n) is 6.11. The van der Waals surface area contributed by atoms with Crippen molar-refractivity contribution in [2.24, 2.45) is 0 Å². The SMILES string of the molecule is COC1=CC=C([C@H]2Oc3cc(O)cc(O)c3C(=O)[C@@H]2O)CC1(C)O. The molecule has 0 saturated carbocycles. The van der Waals surface area contributed by atoms with Crippen molar-refractivity contribution in [3.63, 3.8) is 0 Å². The minimum Gasteiger partial charge on any atom is -0.508 e. The first-order valence-electron chi connectivity index (χ1n) is 7.37. The third-order valence-corrected chi connectivity index (χ3v) is 4.24. The normalized spacial score (nSPS) is 29.2. The lowest BCUT2D eigenvalue weighted by atomic mass is 9.83. The zero-order chi connectivity index (χ0) is 17.6. The Morgan fingerprint density at radius 3 is 2.62 bits per heavy atom. The molecule has 0 spiro atoms. The largest absolute Gasteiger partial charge is 0.508 e. The third-order valence-electron chi connectivity index (χ3n) is 4.24. The molecule has 128 valence electrons. The lowest BCUT2D eigenvalue weighted by Gasteiger charge is -2.36. The van der Waals surface area contributed by atoms with Gasteiger partial charge in [0.05, 0.1) is 7.11 Å². The van der Waals surface area contributed by atoms with E-state index in [4.69, 9.17) is 9.47 Å². The number of carbonyl (C=O) groups is 1. The van der Waals surface area contributed by atoms with Gasteiger partial charge in [-0.2, -0.15) is 0 Å². The number of methoxy groups -OCH3 is 1. The number of aliphatic hydroxyl groups excluding tert-OH is 1. The smallest absolute Gasteiger partial charge is 0.202 e. The molecule has 1 aromatic carbocycles. The number of Topliss-reactive ketones (excluding diaryl/α,β-unsaturated/α-hetero) is 1. The maximum atomic E-state index is 12.4. The minimum absolute atomic E-state index is 0.0186. The van der Waals surface area contributed by atoms with E-state index < -0.39 is 29.3 Å². The first-order valence-corrected chi connectivity index (χ1v) is 7.37. The fourth-order valence-electron chi connectivity index (χ4n) is 3.08. The maximum absolute atomic E-state index is 12.4. The number of fused-ring (bicyclic) bond motifs is 1. The molecule has 0 radical (unpaired) electrons. The zero-order valence-electron chi connectivity index (χ0n) is 13.2. The van der Waals surface area contributed by atoms with Gasteiger partial charge in [0.15, 0.2) is 12.2 Å². The highest BCUT2D eigenvalue weighted by atomic mass is 16.5. The quantitative estimate of drug-likeness (QED) is 0.638. The van der Waals surface area contributed by atoms with Crippen LogP contribution in [0, 0.1) is 0 Å². The molecule has 7 nitrogen and oxygen atoms in total. The van der Waals surface area contributed by atoms with Crippen molar-refractivity contribution in [2.45, 2.75) is 31.2 Å². The van der Waals surface area contributed by atoms with Crippen molar-refractivity contribution < 1.29 is 34.7 Å². The van der Waals surface area contributed by atoms with Crippen LogP contribution >= 0.6 is 0 Å². The molecule has 1 aliphatic carbocycles. The second-order valence-corrected chi connectivity index (χ2v) is 6.11. The van der Waals surface area contributed by atoms with Crippen LogP contribution in [0.4, 0.5) is 0 Å². The molecule has 0 saturated heterocycles. The van der Waals surface area contributed by atoms with E-state index in [1.165, 1.54) is 13.2 Å². The van der Waals surface area contributed by atoms with Gasteiger partial charge in [-0.3, -0.25) is 4.79 Å². The number of ketones is 1. The molecule has 3 atom stereocenters. The summed E-state index contributed by atoms with van der Waals surface area (Å²) in [4.78, 5) is 12.4. The standard InChI is InChI=1S/C17H18O7/c1-17(22)7-8(3-4-12(17)23-2)16-15(21)14(20)13-10(19)5-9(18)6-11(13)24-16/h3-6,15-16,18-19,21-22H,7H2,1-2H3/t15-,16+,17?/m0/s1. The first-order chi connectivity index (χ1) is 11.2. The maximum Gasteiger partial charge on any atom is 0.202 e. The van der Waals surface area contributed by atoms with Crippen LogP contribution in [0.2, 0.25) is 0 Å². The van der Waals surface area contributed by atoms with Gasteiger partial charge >= 0.3 is 0 Å². The van der Waals surface area contributed by atoms with Crippen LogP contribution in [0.3, 0.4) is 0 Å². The fourth-order valence-corrected chi connectivity index (χ4v) is 3.08. The number of allylic oxidation sites excluding steroid dienone is 2. The van der Waals surface area contributed by atoms with Gasteiger partial charge in [-0.25, -0.2) is 0 Å². The number of hydrogen-bond acceptors (Lipinski definition) is 7. The highest BCUT2D eigenvalue weighted by Gasteiger charge is 2.43. The number of carbonyl (C=O) groups excluding carboxylic acids is 1. The zero-order valence-corrected chi connectivity index (χ0v) is 13.2. The Morgan fingerprint density at radius 2 is 2.00 bits per heavy atom. The van der Waals surface area contributed by atoms with Crippen LogP contribution in [0.1, 0.15) is 23.7 Å². The molecule has 1 heterocycles. The van der Waals surface area contributed by atoms with Crippen LogP contribution < -0.4 is 4.74 Å². The van der Waals surface area contributed by atoms with E-state index in [-0.39, 0.29) is 23.5 Å². The summed E-state index contributed by atoms with van der Waals surface area (Å²) >= 11 is 0. The Morgan fingerprint density at radius 1 is 1.29 bits per heavy atom. The molecule has 0 fully saturated rings. The van der Waals surface area contributed by atoms with Crippen LogP contribution in [0.25, 0.3) is 0 Å². The van der Waals surface area contributed by atoms with Gasteiger partial charge in [0.25, 0.3) is 0 Å². The number of ether oxygens (including phenoxy) is 2. The average molecular weight is 334 g/mol. The molecule has 1 aromatic rings. The summed E-state index contributed by atoms with van der Waals surface area (Å²) in [5.41, 5.74) is -0.977. The van der Waals surface area contributed by atoms with E-state index in [0.717, 1.165) is 6.07 Å². The van der Waals surface area contributed by atoms with E-state index in [2.05, 4.69) is 0 Å². The third kappa shape index (κ3) is 2.51. The number of phenolic OH excluding ortho intramolecular Hbond substituents is 2. The Labute approximate surface area is 138 Å². The Kier molecular flexibility index (Phi) is 3.77. The van der Waals surface area contributed by atoms with E-state index in [9.17, 15) is 25.2 Å². The molecular formula is C17H18O7. The molecule has 4 N–H and O–H groups in total. The second kappa shape index (κ2) is 5.54. The van der Waals surface area contributed by atoms with Crippen molar-refractivity contribution >= 4 is 5.78 Å². The molecule has 1 aliphatic heterocycles. The number of rotatable bonds is 2. The van der Waals surface area contributed by atoms with Crippen LogP contribution in [-0.2, 0) is 4.74 Å². The van der Waals surface area contributed by atoms with Crippen LogP contribution in [0.15, 0.2) is 35.6 Å². The van der Waals surface area contributed by atoms with E-state index >= 15 is 0 Å². The Balaban J connectivity index is 2.01. The molecular weight excluding hydrogens is 316 g/mol. The molecule has 1 unspecified atom stereocenters. The van der Waals surface area contributed by atoms with Gasteiger partial charge in [-0.1, -0.05) is 6.08 Å². The van der Waals surface area contributed by atoms with E-state index in [0.29, 0.717) is 11.3 Å². The van der Waals surface area contributed by atoms with Crippen molar-refractivity contribution in [2.75, 3.05) is 7.11 Å². The molecule has 7 heteroatoms. The number of benzene rings is 1. The van der Waals surface area contributed by atoms with Gasteiger partial charge in [0.2, 0.25) is 5.78 Å². The first kappa shape index (κ1) is 16.4. The molecule has 2 aliphatic rings. The molecule has 0 aromatic heterocycles. The summed E-state index contributed by atoms with van der Waals surface area (Å²) in [7, 11) is 1.44. The van der Waals surface area contributed by atoms with Crippen LogP contribution in [0.5, 0.6) is 17.2 Å². The molecule has 3 rings (SSSR count). The topological polar surface area (TPSA) is 116 Å². The lowest BCUT2D eigenvalue weighted by Crippen LogP contribution is -2.46. The van der Waals surface area contributed by atoms with Gasteiger partial charge in [0, 0.05) is 18.6 Å². The minimum atomic E-state index is -1.53. The molecule has 24 heavy (non-hydrogen) atoms. The fraction of sp³-hybridized carbons (Fsp3) is 0.353. The Bertz CT molecular complexity index is 760. The number of hydrogen-bond donors (Lipinski definition) is 4. The molecule has 0 bridgehead atoms. The average Bonchev–Trinajstić information content (AvgIpc) is 2.49. The predicted octanol–water partition coefficient (Wildman–Crippen LogP) is 1.01. The van der Waals surface area contributed by atoms with Crippen molar-refractivity contribution in [1.29, 1.82) is 0 Å². The van der Waals surface area contributed by atoms with Crippen molar-refractivity contribution in [1.82, 2.24) is 0 Å². The summed E-state index contributed by atoms with van der Waals surface area (Å²) in [6.07, 6.45) is 0.697. The Hall–Kier alpha value is -2.51. The summed E-state index contributed by atoms with van der Waals surface area (Å²) in [6.45, 7) is 1.55. The highest BCUT2D eigenvalue weighted by Crippen LogP contribution is 2.41. The van der Waals surface area contributed by atoms with Gasteiger partial charge in [0.1, 0.15) is 34.2 Å². The van der Waals surface area contributed by atoms with Crippen molar-refractivity contribution in [3.05, 3.63) is 41.2 Å². The summed E-state index contributed by atoms with van der Waals surface area (Å²) < 4.78 is 10.7. The number of aliphatic hydroxyl groups is 2. The summed E-state index contributed by atoms with van der Waals surface area (Å²) in [5, 5.41) is 40.1.